The van der Waals surface area contributed by atoms with Crippen LogP contribution in [-0.2, 0) is 0 Å². The van der Waals surface area contributed by atoms with Gasteiger partial charge in [-0.3, -0.25) is 5.32 Å². The molecule has 0 saturated heterocycles. The Morgan fingerprint density at radius 2 is 2.32 bits per heavy atom. The SMILES string of the molecule is O=C(Nc1nncs1)N[C@H]1CCOc2ccccc21. The van der Waals surface area contributed by atoms with Crippen molar-refractivity contribution in [3.8, 4) is 5.75 Å². The molecule has 2 amide bonds. The number of amides is 2. The van der Waals surface area contributed by atoms with Crippen molar-refractivity contribution in [2.24, 2.45) is 0 Å². The minimum absolute atomic E-state index is 0.0436. The second-order valence-corrected chi connectivity index (χ2v) is 4.90. The molecule has 1 atom stereocenters. The van der Waals surface area contributed by atoms with E-state index in [1.54, 1.807) is 5.51 Å². The zero-order chi connectivity index (χ0) is 13.1. The summed E-state index contributed by atoms with van der Waals surface area (Å²) in [4.78, 5) is 11.9. The maximum atomic E-state index is 11.9. The molecule has 2 aromatic rings. The summed E-state index contributed by atoms with van der Waals surface area (Å²) >= 11 is 1.28. The van der Waals surface area contributed by atoms with Crippen molar-refractivity contribution in [2.75, 3.05) is 11.9 Å². The van der Waals surface area contributed by atoms with E-state index in [0.717, 1.165) is 17.7 Å². The fourth-order valence-electron chi connectivity index (χ4n) is 2.01. The molecular weight excluding hydrogens is 264 g/mol. The van der Waals surface area contributed by atoms with E-state index in [4.69, 9.17) is 4.74 Å². The zero-order valence-electron chi connectivity index (χ0n) is 10.00. The number of carbonyl (C=O) groups is 1. The van der Waals surface area contributed by atoms with Crippen LogP contribution in [0.15, 0.2) is 29.8 Å². The summed E-state index contributed by atoms with van der Waals surface area (Å²) in [5.41, 5.74) is 2.57. The third kappa shape index (κ3) is 2.65. The Labute approximate surface area is 113 Å². The van der Waals surface area contributed by atoms with Gasteiger partial charge >= 0.3 is 6.03 Å². The second-order valence-electron chi connectivity index (χ2n) is 4.07. The van der Waals surface area contributed by atoms with Gasteiger partial charge in [0.2, 0.25) is 5.13 Å². The van der Waals surface area contributed by atoms with Crippen LogP contribution >= 0.6 is 11.3 Å². The number of hydrogen-bond acceptors (Lipinski definition) is 5. The summed E-state index contributed by atoms with van der Waals surface area (Å²) in [6.07, 6.45) is 0.751. The summed E-state index contributed by atoms with van der Waals surface area (Å²) < 4.78 is 5.55. The molecule has 1 aliphatic rings. The Balaban J connectivity index is 1.69. The molecule has 1 aromatic heterocycles. The average Bonchev–Trinajstić information content (AvgIpc) is 2.92. The quantitative estimate of drug-likeness (QED) is 0.881. The molecule has 1 aromatic carbocycles. The van der Waals surface area contributed by atoms with E-state index in [9.17, 15) is 4.79 Å². The van der Waals surface area contributed by atoms with E-state index in [0.29, 0.717) is 11.7 Å². The largest absolute Gasteiger partial charge is 0.493 e. The summed E-state index contributed by atoms with van der Waals surface area (Å²) in [6.45, 7) is 0.598. The van der Waals surface area contributed by atoms with Crippen LogP contribution in [0.2, 0.25) is 0 Å². The topological polar surface area (TPSA) is 76.1 Å². The molecule has 0 saturated carbocycles. The third-order valence-electron chi connectivity index (χ3n) is 2.84. The Hall–Kier alpha value is -2.15. The molecule has 19 heavy (non-hydrogen) atoms. The number of nitrogens with one attached hydrogen (secondary N) is 2. The number of urea groups is 1. The van der Waals surface area contributed by atoms with E-state index in [1.165, 1.54) is 11.3 Å². The first-order valence-electron chi connectivity index (χ1n) is 5.88. The number of aromatic nitrogens is 2. The van der Waals surface area contributed by atoms with Crippen molar-refractivity contribution >= 4 is 22.5 Å². The number of ether oxygens (including phenoxy) is 1. The van der Waals surface area contributed by atoms with Gasteiger partial charge in [-0.1, -0.05) is 29.5 Å². The van der Waals surface area contributed by atoms with Crippen molar-refractivity contribution < 1.29 is 9.53 Å². The van der Waals surface area contributed by atoms with E-state index in [-0.39, 0.29) is 12.1 Å². The smallest absolute Gasteiger partial charge is 0.321 e. The molecular formula is C12H12N4O2S. The van der Waals surface area contributed by atoms with Crippen LogP contribution < -0.4 is 15.4 Å². The third-order valence-corrected chi connectivity index (χ3v) is 3.45. The highest BCUT2D eigenvalue weighted by atomic mass is 32.1. The van der Waals surface area contributed by atoms with Crippen LogP contribution in [0.1, 0.15) is 18.0 Å². The number of fused-ring (bicyclic) bond motifs is 1. The van der Waals surface area contributed by atoms with Gasteiger partial charge in [0, 0.05) is 12.0 Å². The molecule has 0 spiro atoms. The fourth-order valence-corrected chi connectivity index (χ4v) is 2.45. The summed E-state index contributed by atoms with van der Waals surface area (Å²) in [7, 11) is 0. The van der Waals surface area contributed by atoms with E-state index in [1.807, 2.05) is 24.3 Å². The minimum Gasteiger partial charge on any atom is -0.493 e. The molecule has 3 rings (SSSR count). The van der Waals surface area contributed by atoms with Crippen LogP contribution in [0.3, 0.4) is 0 Å². The lowest BCUT2D eigenvalue weighted by atomic mass is 10.0. The first kappa shape index (κ1) is 11.9. The molecule has 0 fully saturated rings. The van der Waals surface area contributed by atoms with Crippen molar-refractivity contribution in [1.82, 2.24) is 15.5 Å². The van der Waals surface area contributed by atoms with Gasteiger partial charge in [-0.05, 0) is 6.07 Å². The van der Waals surface area contributed by atoms with Crippen molar-refractivity contribution in [3.05, 3.63) is 35.3 Å². The van der Waals surface area contributed by atoms with Gasteiger partial charge in [0.25, 0.3) is 0 Å². The highest BCUT2D eigenvalue weighted by Crippen LogP contribution is 2.31. The number of rotatable bonds is 2. The maximum absolute atomic E-state index is 11.9. The van der Waals surface area contributed by atoms with Gasteiger partial charge in [-0.2, -0.15) is 0 Å². The van der Waals surface area contributed by atoms with Crippen molar-refractivity contribution in [1.29, 1.82) is 0 Å². The standard InChI is InChI=1S/C12H12N4O2S/c17-11(15-12-16-13-7-19-12)14-9-5-6-18-10-4-2-1-3-8(9)10/h1-4,7,9H,5-6H2,(H2,14,15,16,17)/t9-/m0/s1. The number of para-hydroxylation sites is 1. The van der Waals surface area contributed by atoms with Crippen LogP contribution in [0.25, 0.3) is 0 Å². The highest BCUT2D eigenvalue weighted by molar-refractivity contribution is 7.13. The Bertz CT molecular complexity index is 573. The van der Waals surface area contributed by atoms with Crippen LogP contribution in [-0.4, -0.2) is 22.8 Å². The molecule has 6 nitrogen and oxygen atoms in total. The van der Waals surface area contributed by atoms with Gasteiger partial charge in [-0.25, -0.2) is 4.79 Å². The Morgan fingerprint density at radius 3 is 3.16 bits per heavy atom. The number of nitrogens with zero attached hydrogens (tertiary/aromatic N) is 2. The van der Waals surface area contributed by atoms with Crippen LogP contribution in [0.5, 0.6) is 5.75 Å². The second kappa shape index (κ2) is 5.23. The first-order chi connectivity index (χ1) is 9.33. The average molecular weight is 276 g/mol. The van der Waals surface area contributed by atoms with E-state index < -0.39 is 0 Å². The predicted octanol–water partition coefficient (Wildman–Crippen LogP) is 2.18. The number of hydrogen-bond donors (Lipinski definition) is 2. The van der Waals surface area contributed by atoms with Gasteiger partial charge in [0.05, 0.1) is 12.6 Å². The monoisotopic (exact) mass is 276 g/mol. The molecule has 0 unspecified atom stereocenters. The minimum atomic E-state index is -0.279. The zero-order valence-corrected chi connectivity index (χ0v) is 10.8. The molecule has 2 heterocycles. The van der Waals surface area contributed by atoms with Crippen LogP contribution in [0.4, 0.5) is 9.93 Å². The number of anilines is 1. The molecule has 0 bridgehead atoms. The fraction of sp³-hybridized carbons (Fsp3) is 0.250. The van der Waals surface area contributed by atoms with Crippen LogP contribution in [0, 0.1) is 0 Å². The molecule has 0 aliphatic carbocycles. The van der Waals surface area contributed by atoms with Gasteiger partial charge in [0.1, 0.15) is 11.3 Å². The Morgan fingerprint density at radius 1 is 1.42 bits per heavy atom. The normalized spacial score (nSPS) is 17.2. The van der Waals surface area contributed by atoms with Crippen molar-refractivity contribution in [2.45, 2.75) is 12.5 Å². The molecule has 1 aliphatic heterocycles. The molecule has 98 valence electrons. The maximum Gasteiger partial charge on any atom is 0.321 e. The lowest BCUT2D eigenvalue weighted by molar-refractivity contribution is 0.232. The van der Waals surface area contributed by atoms with E-state index >= 15 is 0 Å². The van der Waals surface area contributed by atoms with Crippen molar-refractivity contribution in [3.63, 3.8) is 0 Å². The molecule has 7 heteroatoms. The lowest BCUT2D eigenvalue weighted by Crippen LogP contribution is -2.35. The highest BCUT2D eigenvalue weighted by Gasteiger charge is 2.22. The summed E-state index contributed by atoms with van der Waals surface area (Å²) in [5.74, 6) is 0.829. The first-order valence-corrected chi connectivity index (χ1v) is 6.76. The molecule has 0 radical (unpaired) electrons. The predicted molar refractivity (Wildman–Crippen MR) is 71.4 cm³/mol. The summed E-state index contributed by atoms with van der Waals surface area (Å²) in [6, 6.07) is 7.40. The van der Waals surface area contributed by atoms with Gasteiger partial charge < -0.3 is 10.1 Å². The number of carbonyl (C=O) groups excluding carboxylic acids is 1. The Kier molecular flexibility index (Phi) is 3.28. The van der Waals surface area contributed by atoms with Gasteiger partial charge in [0.15, 0.2) is 0 Å². The molecule has 2 N–H and O–H groups in total. The number of benzene rings is 1. The van der Waals surface area contributed by atoms with Gasteiger partial charge in [-0.15, -0.1) is 10.2 Å². The van der Waals surface area contributed by atoms with E-state index in [2.05, 4.69) is 20.8 Å². The lowest BCUT2D eigenvalue weighted by Gasteiger charge is -2.26. The summed E-state index contributed by atoms with van der Waals surface area (Å²) in [5, 5.41) is 13.5.